The van der Waals surface area contributed by atoms with E-state index < -0.39 is 0 Å². The Morgan fingerprint density at radius 3 is 1.29 bits per heavy atom. The minimum absolute atomic E-state index is 0.187. The maximum atomic E-state index is 6.17. The molecular formula is C31H34N2O2. The summed E-state index contributed by atoms with van der Waals surface area (Å²) in [6.45, 7) is 8.83. The van der Waals surface area contributed by atoms with Crippen molar-refractivity contribution in [3.05, 3.63) is 107 Å². The summed E-state index contributed by atoms with van der Waals surface area (Å²) in [7, 11) is 0. The SMILES string of the molecule is CCc1cc(C(C)(C)c2ccc(Oc3ccc(N)cc3)c(CC)c2)ccc1Oc1ccc(N)cc1. The fraction of sp³-hybridized carbons (Fsp3) is 0.226. The normalized spacial score (nSPS) is 11.3. The lowest BCUT2D eigenvalue weighted by atomic mass is 9.77. The van der Waals surface area contributed by atoms with Crippen LogP contribution in [0, 0.1) is 0 Å². The largest absolute Gasteiger partial charge is 0.457 e. The van der Waals surface area contributed by atoms with Crippen LogP contribution < -0.4 is 20.9 Å². The number of nitrogen functional groups attached to an aromatic ring is 2. The summed E-state index contributed by atoms with van der Waals surface area (Å²) in [5.74, 6) is 3.31. The molecule has 0 aromatic heterocycles. The van der Waals surface area contributed by atoms with Crippen LogP contribution in [0.2, 0.25) is 0 Å². The quantitative estimate of drug-likeness (QED) is 0.259. The topological polar surface area (TPSA) is 70.5 Å². The van der Waals surface area contributed by atoms with Gasteiger partial charge in [-0.05, 0) is 95.8 Å². The van der Waals surface area contributed by atoms with E-state index in [1.54, 1.807) is 0 Å². The first kappa shape index (κ1) is 24.2. The van der Waals surface area contributed by atoms with Gasteiger partial charge < -0.3 is 20.9 Å². The minimum atomic E-state index is -0.187. The van der Waals surface area contributed by atoms with Crippen LogP contribution >= 0.6 is 0 Å². The Morgan fingerprint density at radius 1 is 0.571 bits per heavy atom. The summed E-state index contributed by atoms with van der Waals surface area (Å²) in [5.41, 5.74) is 17.7. The third kappa shape index (κ3) is 5.43. The fourth-order valence-corrected chi connectivity index (χ4v) is 4.18. The molecule has 4 heteroatoms. The lowest BCUT2D eigenvalue weighted by Crippen LogP contribution is -2.19. The Labute approximate surface area is 208 Å². The summed E-state index contributed by atoms with van der Waals surface area (Å²) < 4.78 is 12.3. The van der Waals surface area contributed by atoms with E-state index in [2.05, 4.69) is 64.1 Å². The molecule has 0 spiro atoms. The molecule has 0 aliphatic heterocycles. The number of rotatable bonds is 8. The Hall–Kier alpha value is -3.92. The smallest absolute Gasteiger partial charge is 0.130 e. The number of aryl methyl sites for hydroxylation is 2. The van der Waals surface area contributed by atoms with Crippen molar-refractivity contribution in [2.45, 2.75) is 46.0 Å². The first-order valence-electron chi connectivity index (χ1n) is 12.1. The van der Waals surface area contributed by atoms with Crippen molar-refractivity contribution in [3.8, 4) is 23.0 Å². The van der Waals surface area contributed by atoms with Crippen molar-refractivity contribution in [1.82, 2.24) is 0 Å². The highest BCUT2D eigenvalue weighted by Gasteiger charge is 2.25. The Bertz CT molecular complexity index is 1190. The van der Waals surface area contributed by atoms with E-state index in [9.17, 15) is 0 Å². The highest BCUT2D eigenvalue weighted by molar-refractivity contribution is 5.50. The molecule has 0 bridgehead atoms. The van der Waals surface area contributed by atoms with Gasteiger partial charge in [-0.1, -0.05) is 52.0 Å². The van der Waals surface area contributed by atoms with Gasteiger partial charge in [-0.15, -0.1) is 0 Å². The van der Waals surface area contributed by atoms with Crippen LogP contribution in [0.1, 0.15) is 49.9 Å². The van der Waals surface area contributed by atoms with Crippen molar-refractivity contribution in [1.29, 1.82) is 0 Å². The molecular weight excluding hydrogens is 432 g/mol. The molecule has 180 valence electrons. The number of hydrogen-bond donors (Lipinski definition) is 2. The first-order valence-corrected chi connectivity index (χ1v) is 12.1. The van der Waals surface area contributed by atoms with Crippen molar-refractivity contribution < 1.29 is 9.47 Å². The van der Waals surface area contributed by atoms with Crippen molar-refractivity contribution in [2.24, 2.45) is 0 Å². The van der Waals surface area contributed by atoms with Crippen LogP contribution in [0.15, 0.2) is 84.9 Å². The fourth-order valence-electron chi connectivity index (χ4n) is 4.18. The van der Waals surface area contributed by atoms with E-state index in [0.717, 1.165) is 47.2 Å². The van der Waals surface area contributed by atoms with E-state index in [4.69, 9.17) is 20.9 Å². The lowest BCUT2D eigenvalue weighted by Gasteiger charge is -2.28. The highest BCUT2D eigenvalue weighted by atomic mass is 16.5. The van der Waals surface area contributed by atoms with Crippen LogP contribution in [0.25, 0.3) is 0 Å². The predicted octanol–water partition coefficient (Wildman–Crippen LogP) is 7.89. The van der Waals surface area contributed by atoms with Crippen LogP contribution in [-0.4, -0.2) is 0 Å². The summed E-state index contributed by atoms with van der Waals surface area (Å²) in [6.07, 6.45) is 1.76. The highest BCUT2D eigenvalue weighted by Crippen LogP contribution is 2.38. The molecule has 0 heterocycles. The van der Waals surface area contributed by atoms with Crippen LogP contribution in [-0.2, 0) is 18.3 Å². The zero-order chi connectivity index (χ0) is 25.0. The Balaban J connectivity index is 1.61. The maximum Gasteiger partial charge on any atom is 0.130 e. The van der Waals surface area contributed by atoms with Gasteiger partial charge >= 0.3 is 0 Å². The molecule has 4 aromatic rings. The van der Waals surface area contributed by atoms with Gasteiger partial charge in [-0.3, -0.25) is 0 Å². The molecule has 4 N–H and O–H groups in total. The van der Waals surface area contributed by atoms with Crippen LogP contribution in [0.5, 0.6) is 23.0 Å². The zero-order valence-corrected chi connectivity index (χ0v) is 21.0. The average Bonchev–Trinajstić information content (AvgIpc) is 2.87. The number of nitrogens with two attached hydrogens (primary N) is 2. The molecule has 4 aromatic carbocycles. The third-order valence-corrected chi connectivity index (χ3v) is 6.54. The second-order valence-corrected chi connectivity index (χ2v) is 9.32. The first-order chi connectivity index (χ1) is 16.8. The molecule has 0 unspecified atom stereocenters. The molecule has 0 amide bonds. The van der Waals surface area contributed by atoms with Crippen LogP contribution in [0.3, 0.4) is 0 Å². The van der Waals surface area contributed by atoms with Crippen LogP contribution in [0.4, 0.5) is 11.4 Å². The van der Waals surface area contributed by atoms with E-state index >= 15 is 0 Å². The van der Waals surface area contributed by atoms with Crippen molar-refractivity contribution in [3.63, 3.8) is 0 Å². The molecule has 0 aliphatic rings. The third-order valence-electron chi connectivity index (χ3n) is 6.54. The van der Waals surface area contributed by atoms with E-state index in [1.165, 1.54) is 22.3 Å². The lowest BCUT2D eigenvalue weighted by molar-refractivity contribution is 0.475. The Kier molecular flexibility index (Phi) is 7.02. The minimum Gasteiger partial charge on any atom is -0.457 e. The zero-order valence-electron chi connectivity index (χ0n) is 21.0. The van der Waals surface area contributed by atoms with Gasteiger partial charge in [0.1, 0.15) is 23.0 Å². The van der Waals surface area contributed by atoms with Gasteiger partial charge in [0, 0.05) is 16.8 Å². The summed E-state index contributed by atoms with van der Waals surface area (Å²) in [5, 5.41) is 0. The van der Waals surface area contributed by atoms with E-state index in [-0.39, 0.29) is 5.41 Å². The number of ether oxygens (including phenoxy) is 2. The monoisotopic (exact) mass is 466 g/mol. The Morgan fingerprint density at radius 2 is 0.943 bits per heavy atom. The number of benzene rings is 4. The molecule has 0 aliphatic carbocycles. The second-order valence-electron chi connectivity index (χ2n) is 9.32. The molecule has 4 nitrogen and oxygen atoms in total. The average molecular weight is 467 g/mol. The van der Waals surface area contributed by atoms with Gasteiger partial charge in [0.25, 0.3) is 0 Å². The summed E-state index contributed by atoms with van der Waals surface area (Å²) >= 11 is 0. The summed E-state index contributed by atoms with van der Waals surface area (Å²) in [4.78, 5) is 0. The van der Waals surface area contributed by atoms with Gasteiger partial charge in [0.15, 0.2) is 0 Å². The number of anilines is 2. The second kappa shape index (κ2) is 10.1. The number of hydrogen-bond acceptors (Lipinski definition) is 4. The van der Waals surface area contributed by atoms with E-state index in [0.29, 0.717) is 0 Å². The van der Waals surface area contributed by atoms with Crippen molar-refractivity contribution in [2.75, 3.05) is 11.5 Å². The van der Waals surface area contributed by atoms with E-state index in [1.807, 2.05) is 48.5 Å². The predicted molar refractivity (Wildman–Crippen MR) is 146 cm³/mol. The molecule has 4 rings (SSSR count). The maximum absolute atomic E-state index is 6.17. The molecule has 0 saturated carbocycles. The molecule has 35 heavy (non-hydrogen) atoms. The van der Waals surface area contributed by atoms with Crippen molar-refractivity contribution >= 4 is 11.4 Å². The standard InChI is InChI=1S/C31H34N2O2/c1-5-21-19-23(7-17-29(21)34-27-13-9-25(32)10-14-27)31(3,4)24-8-18-30(22(6-2)20-24)35-28-15-11-26(33)12-16-28/h7-20H,5-6,32-33H2,1-4H3. The van der Waals surface area contributed by atoms with Gasteiger partial charge in [0.05, 0.1) is 0 Å². The molecule has 0 fully saturated rings. The van der Waals surface area contributed by atoms with Gasteiger partial charge in [-0.25, -0.2) is 0 Å². The molecule has 0 saturated heterocycles. The molecule has 0 atom stereocenters. The molecule has 0 radical (unpaired) electrons. The van der Waals surface area contributed by atoms with Gasteiger partial charge in [0.2, 0.25) is 0 Å². The summed E-state index contributed by atoms with van der Waals surface area (Å²) in [6, 6.07) is 28.0. The van der Waals surface area contributed by atoms with Gasteiger partial charge in [-0.2, -0.15) is 0 Å².